The molecule has 4 nitrogen and oxygen atoms in total. The number of aliphatic hydroxyl groups excluding tert-OH is 1. The molecule has 0 saturated carbocycles. The number of carbonyl (C=O) groups is 1. The number of halogens is 1. The topological polar surface area (TPSA) is 60.8 Å². The smallest absolute Gasteiger partial charge is 0.257 e. The Balaban J connectivity index is 3.05. The highest BCUT2D eigenvalue weighted by Gasteiger charge is 2.28. The van der Waals surface area contributed by atoms with Gasteiger partial charge in [0.15, 0.2) is 0 Å². The predicted octanol–water partition coefficient (Wildman–Crippen LogP) is 1.89. The minimum absolute atomic E-state index is 0.163. The van der Waals surface area contributed by atoms with Crippen LogP contribution in [0.2, 0.25) is 5.02 Å². The molecule has 0 heterocycles. The molecule has 0 aromatic heterocycles. The molecular formula is C12H16ClNO3. The van der Waals surface area contributed by atoms with Crippen LogP contribution in [0.15, 0.2) is 18.2 Å². The highest BCUT2D eigenvalue weighted by atomic mass is 35.5. The second-order valence-electron chi connectivity index (χ2n) is 4.50. The Kier molecular flexibility index (Phi) is 4.01. The Bertz CT molecular complexity index is 432. The number of carbonyl (C=O) groups excluding carboxylic acids is 1. The second kappa shape index (κ2) is 4.94. The molecule has 5 heteroatoms. The molecule has 0 atom stereocenters. The first-order chi connectivity index (χ1) is 7.79. The maximum Gasteiger partial charge on any atom is 0.257 e. The van der Waals surface area contributed by atoms with Crippen LogP contribution in [0.1, 0.15) is 24.2 Å². The van der Waals surface area contributed by atoms with Crippen molar-refractivity contribution in [2.75, 3.05) is 13.7 Å². The fourth-order valence-electron chi connectivity index (χ4n) is 1.25. The van der Waals surface area contributed by atoms with Crippen molar-refractivity contribution in [1.29, 1.82) is 0 Å². The van der Waals surface area contributed by atoms with Gasteiger partial charge in [0.25, 0.3) is 5.91 Å². The summed E-state index contributed by atoms with van der Waals surface area (Å²) in [6.07, 6.45) is 0. The molecule has 0 radical (unpaired) electrons. The van der Waals surface area contributed by atoms with E-state index in [1.807, 2.05) is 0 Å². The summed E-state index contributed by atoms with van der Waals surface area (Å²) in [5.41, 5.74) is -0.526. The van der Waals surface area contributed by atoms with Crippen LogP contribution in [0.5, 0.6) is 5.75 Å². The summed E-state index contributed by atoms with van der Waals surface area (Å²) < 4.78 is 0. The number of phenolic OH excluding ortho intramolecular Hbond substituents is 1. The number of likely N-dealkylation sites (N-methyl/N-ethyl adjacent to an activating group) is 1. The second-order valence-corrected chi connectivity index (χ2v) is 4.93. The summed E-state index contributed by atoms with van der Waals surface area (Å²) in [6, 6.07) is 4.31. The molecule has 0 saturated heterocycles. The summed E-state index contributed by atoms with van der Waals surface area (Å²) >= 11 is 5.69. The van der Waals surface area contributed by atoms with E-state index in [0.717, 1.165) is 0 Å². The molecule has 94 valence electrons. The maximum absolute atomic E-state index is 12.1. The Labute approximate surface area is 105 Å². The van der Waals surface area contributed by atoms with Crippen molar-refractivity contribution in [2.24, 2.45) is 0 Å². The van der Waals surface area contributed by atoms with Gasteiger partial charge in [-0.1, -0.05) is 11.6 Å². The average molecular weight is 258 g/mol. The van der Waals surface area contributed by atoms with Crippen molar-refractivity contribution in [1.82, 2.24) is 4.90 Å². The minimum atomic E-state index is -0.691. The van der Waals surface area contributed by atoms with E-state index >= 15 is 0 Å². The average Bonchev–Trinajstić information content (AvgIpc) is 2.27. The number of nitrogens with zero attached hydrogens (tertiary/aromatic N) is 1. The SMILES string of the molecule is CN(C(=O)c1ccc(Cl)cc1O)C(C)(C)CO. The van der Waals surface area contributed by atoms with E-state index in [2.05, 4.69) is 0 Å². The molecule has 1 amide bonds. The standard InChI is InChI=1S/C12H16ClNO3/c1-12(2,7-15)14(3)11(17)9-5-4-8(13)6-10(9)16/h4-6,15-16H,7H2,1-3H3. The van der Waals surface area contributed by atoms with E-state index in [0.29, 0.717) is 5.02 Å². The van der Waals surface area contributed by atoms with Crippen LogP contribution >= 0.6 is 11.6 Å². The van der Waals surface area contributed by atoms with Crippen molar-refractivity contribution in [2.45, 2.75) is 19.4 Å². The molecule has 0 aliphatic carbocycles. The summed E-state index contributed by atoms with van der Waals surface area (Å²) in [4.78, 5) is 13.5. The summed E-state index contributed by atoms with van der Waals surface area (Å²) in [5, 5.41) is 19.2. The fraction of sp³-hybridized carbons (Fsp3) is 0.417. The lowest BCUT2D eigenvalue weighted by Gasteiger charge is -2.34. The highest BCUT2D eigenvalue weighted by molar-refractivity contribution is 6.30. The van der Waals surface area contributed by atoms with Gasteiger partial charge in [-0.25, -0.2) is 0 Å². The molecule has 0 aliphatic heterocycles. The molecule has 1 aromatic carbocycles. The Hall–Kier alpha value is -1.26. The van der Waals surface area contributed by atoms with Crippen LogP contribution in [0.3, 0.4) is 0 Å². The molecule has 1 rings (SSSR count). The summed E-state index contributed by atoms with van der Waals surface area (Å²) in [6.45, 7) is 3.30. The van der Waals surface area contributed by atoms with Crippen molar-refractivity contribution < 1.29 is 15.0 Å². The van der Waals surface area contributed by atoms with Crippen LogP contribution in [0, 0.1) is 0 Å². The van der Waals surface area contributed by atoms with Crippen molar-refractivity contribution in [3.63, 3.8) is 0 Å². The number of hydrogen-bond donors (Lipinski definition) is 2. The third-order valence-corrected chi connectivity index (χ3v) is 3.02. The number of benzene rings is 1. The first-order valence-corrected chi connectivity index (χ1v) is 5.55. The van der Waals surface area contributed by atoms with Crippen molar-refractivity contribution in [3.05, 3.63) is 28.8 Å². The lowest BCUT2D eigenvalue weighted by molar-refractivity contribution is 0.0470. The Morgan fingerprint density at radius 3 is 2.53 bits per heavy atom. The highest BCUT2D eigenvalue weighted by Crippen LogP contribution is 2.25. The molecule has 0 bridgehead atoms. The van der Waals surface area contributed by atoms with Gasteiger partial charge in [-0.15, -0.1) is 0 Å². The monoisotopic (exact) mass is 257 g/mol. The zero-order chi connectivity index (χ0) is 13.2. The summed E-state index contributed by atoms with van der Waals surface area (Å²) in [7, 11) is 1.58. The van der Waals surface area contributed by atoms with E-state index in [1.54, 1.807) is 20.9 Å². The zero-order valence-electron chi connectivity index (χ0n) is 10.1. The number of amides is 1. The molecule has 17 heavy (non-hydrogen) atoms. The lowest BCUT2D eigenvalue weighted by Crippen LogP contribution is -2.47. The number of rotatable bonds is 3. The molecule has 0 fully saturated rings. The quantitative estimate of drug-likeness (QED) is 0.869. The molecule has 0 spiro atoms. The van der Waals surface area contributed by atoms with Gasteiger partial charge in [0.1, 0.15) is 5.75 Å². The van der Waals surface area contributed by atoms with Gasteiger partial charge in [0.05, 0.1) is 17.7 Å². The molecule has 0 unspecified atom stereocenters. The Morgan fingerprint density at radius 1 is 1.47 bits per heavy atom. The fourth-order valence-corrected chi connectivity index (χ4v) is 1.41. The van der Waals surface area contributed by atoms with Crippen molar-refractivity contribution >= 4 is 17.5 Å². The number of aliphatic hydroxyl groups is 1. The third kappa shape index (κ3) is 2.90. The maximum atomic E-state index is 12.1. The number of phenols is 1. The third-order valence-electron chi connectivity index (χ3n) is 2.79. The van der Waals surface area contributed by atoms with Gasteiger partial charge in [-0.05, 0) is 32.0 Å². The van der Waals surface area contributed by atoms with Gasteiger partial charge in [0.2, 0.25) is 0 Å². The molecular weight excluding hydrogens is 242 g/mol. The normalized spacial score (nSPS) is 11.4. The minimum Gasteiger partial charge on any atom is -0.507 e. The van der Waals surface area contributed by atoms with E-state index in [9.17, 15) is 15.0 Å². The van der Waals surface area contributed by atoms with Gasteiger partial charge < -0.3 is 15.1 Å². The Morgan fingerprint density at radius 2 is 2.06 bits per heavy atom. The van der Waals surface area contributed by atoms with Gasteiger partial charge in [-0.2, -0.15) is 0 Å². The van der Waals surface area contributed by atoms with Crippen LogP contribution in [-0.4, -0.2) is 40.2 Å². The number of aromatic hydroxyl groups is 1. The molecule has 0 aliphatic rings. The van der Waals surface area contributed by atoms with Gasteiger partial charge in [-0.3, -0.25) is 4.79 Å². The van der Waals surface area contributed by atoms with Crippen LogP contribution < -0.4 is 0 Å². The first kappa shape index (κ1) is 13.8. The van der Waals surface area contributed by atoms with Gasteiger partial charge in [0, 0.05) is 12.1 Å². The predicted molar refractivity (Wildman–Crippen MR) is 66.4 cm³/mol. The first-order valence-electron chi connectivity index (χ1n) is 5.17. The van der Waals surface area contributed by atoms with E-state index in [1.165, 1.54) is 23.1 Å². The number of hydrogen-bond acceptors (Lipinski definition) is 3. The van der Waals surface area contributed by atoms with E-state index in [-0.39, 0.29) is 23.8 Å². The zero-order valence-corrected chi connectivity index (χ0v) is 10.8. The van der Waals surface area contributed by atoms with Crippen LogP contribution in [0.25, 0.3) is 0 Å². The van der Waals surface area contributed by atoms with Gasteiger partial charge >= 0.3 is 0 Å². The summed E-state index contributed by atoms with van der Waals surface area (Å²) in [5.74, 6) is -0.527. The largest absolute Gasteiger partial charge is 0.507 e. The lowest BCUT2D eigenvalue weighted by atomic mass is 10.0. The molecule has 2 N–H and O–H groups in total. The van der Waals surface area contributed by atoms with E-state index < -0.39 is 5.54 Å². The van der Waals surface area contributed by atoms with E-state index in [4.69, 9.17) is 11.6 Å². The van der Waals surface area contributed by atoms with Crippen molar-refractivity contribution in [3.8, 4) is 5.75 Å². The van der Waals surface area contributed by atoms with Crippen LogP contribution in [0.4, 0.5) is 0 Å². The molecule has 1 aromatic rings. The van der Waals surface area contributed by atoms with Crippen LogP contribution in [-0.2, 0) is 0 Å².